The molecular formula is C14H20N2O3S. The molecule has 1 aromatic carbocycles. The third kappa shape index (κ3) is 5.31. The molecule has 0 aliphatic heterocycles. The van der Waals surface area contributed by atoms with Gasteiger partial charge in [0.1, 0.15) is 0 Å². The molecule has 1 aromatic rings. The molecule has 0 saturated heterocycles. The van der Waals surface area contributed by atoms with Crippen molar-refractivity contribution in [2.45, 2.75) is 24.3 Å². The van der Waals surface area contributed by atoms with Crippen molar-refractivity contribution in [3.63, 3.8) is 0 Å². The third-order valence-corrected chi connectivity index (χ3v) is 4.22. The van der Waals surface area contributed by atoms with Crippen LogP contribution in [-0.4, -0.2) is 34.7 Å². The zero-order chi connectivity index (χ0) is 15.0. The Labute approximate surface area is 120 Å². The van der Waals surface area contributed by atoms with Crippen LogP contribution >= 0.6 is 0 Å². The van der Waals surface area contributed by atoms with E-state index in [1.54, 1.807) is 26.2 Å². The number of ether oxygens (including phenoxy) is 1. The van der Waals surface area contributed by atoms with Crippen LogP contribution in [0, 0.1) is 11.8 Å². The Kier molecular flexibility index (Phi) is 6.68. The van der Waals surface area contributed by atoms with Gasteiger partial charge in [0.15, 0.2) is 0 Å². The average molecular weight is 296 g/mol. The van der Waals surface area contributed by atoms with Crippen LogP contribution in [0.2, 0.25) is 0 Å². The van der Waals surface area contributed by atoms with E-state index in [9.17, 15) is 8.42 Å². The van der Waals surface area contributed by atoms with Crippen LogP contribution in [0.1, 0.15) is 18.9 Å². The second-order valence-corrected chi connectivity index (χ2v) is 6.05. The average Bonchev–Trinajstić information content (AvgIpc) is 2.43. The molecule has 0 fully saturated rings. The van der Waals surface area contributed by atoms with E-state index in [1.807, 2.05) is 0 Å². The summed E-state index contributed by atoms with van der Waals surface area (Å²) in [6.45, 7) is 2.59. The minimum absolute atomic E-state index is 0.184. The van der Waals surface area contributed by atoms with Crippen LogP contribution in [0.3, 0.4) is 0 Å². The van der Waals surface area contributed by atoms with E-state index in [2.05, 4.69) is 16.6 Å². The van der Waals surface area contributed by atoms with Gasteiger partial charge in [0.2, 0.25) is 10.0 Å². The van der Waals surface area contributed by atoms with Crippen LogP contribution in [0.5, 0.6) is 0 Å². The van der Waals surface area contributed by atoms with E-state index in [0.717, 1.165) is 5.56 Å². The Bertz CT molecular complexity index is 571. The SMILES string of the molecule is COCCC(C)NS(=O)(=O)c1ccc(C#CCN)cc1. The summed E-state index contributed by atoms with van der Waals surface area (Å²) in [5.74, 6) is 5.56. The lowest BCUT2D eigenvalue weighted by Gasteiger charge is -2.13. The molecule has 6 heteroatoms. The van der Waals surface area contributed by atoms with Crippen molar-refractivity contribution >= 4 is 10.0 Å². The lowest BCUT2D eigenvalue weighted by Crippen LogP contribution is -2.33. The van der Waals surface area contributed by atoms with E-state index in [-0.39, 0.29) is 17.5 Å². The molecule has 3 N–H and O–H groups in total. The van der Waals surface area contributed by atoms with E-state index in [0.29, 0.717) is 13.0 Å². The summed E-state index contributed by atoms with van der Waals surface area (Å²) in [6.07, 6.45) is 0.621. The zero-order valence-corrected chi connectivity index (χ0v) is 12.5. The number of benzene rings is 1. The zero-order valence-electron chi connectivity index (χ0n) is 11.7. The standard InChI is InChI=1S/C14H20N2O3S/c1-12(9-11-19-2)16-20(17,18)14-7-5-13(6-8-14)4-3-10-15/h5-8,12,16H,9-11,15H2,1-2H3. The number of nitrogens with two attached hydrogens (primary N) is 1. The fraction of sp³-hybridized carbons (Fsp3) is 0.429. The number of rotatable bonds is 6. The molecule has 110 valence electrons. The number of methoxy groups -OCH3 is 1. The fourth-order valence-corrected chi connectivity index (χ4v) is 2.84. The summed E-state index contributed by atoms with van der Waals surface area (Å²) < 4.78 is 31.8. The molecule has 1 rings (SSSR count). The predicted octanol–water partition coefficient (Wildman–Crippen LogP) is 0.700. The highest BCUT2D eigenvalue weighted by Crippen LogP contribution is 2.11. The fourth-order valence-electron chi connectivity index (χ4n) is 1.56. The molecule has 0 spiro atoms. The Balaban J connectivity index is 2.77. The van der Waals surface area contributed by atoms with Crippen LogP contribution in [-0.2, 0) is 14.8 Å². The molecule has 1 atom stereocenters. The normalized spacial score (nSPS) is 12.6. The number of hydrogen-bond donors (Lipinski definition) is 2. The molecule has 0 heterocycles. The van der Waals surface area contributed by atoms with Crippen molar-refractivity contribution in [1.29, 1.82) is 0 Å². The highest BCUT2D eigenvalue weighted by molar-refractivity contribution is 7.89. The van der Waals surface area contributed by atoms with E-state index < -0.39 is 10.0 Å². The van der Waals surface area contributed by atoms with Gasteiger partial charge in [-0.25, -0.2) is 13.1 Å². The van der Waals surface area contributed by atoms with Gasteiger partial charge < -0.3 is 10.5 Å². The van der Waals surface area contributed by atoms with Gasteiger partial charge in [-0.3, -0.25) is 0 Å². The maximum atomic E-state index is 12.1. The predicted molar refractivity (Wildman–Crippen MR) is 78.7 cm³/mol. The highest BCUT2D eigenvalue weighted by Gasteiger charge is 2.16. The number of nitrogens with one attached hydrogen (secondary N) is 1. The van der Waals surface area contributed by atoms with Crippen molar-refractivity contribution in [3.05, 3.63) is 29.8 Å². The first-order valence-electron chi connectivity index (χ1n) is 6.30. The van der Waals surface area contributed by atoms with Crippen molar-refractivity contribution in [2.75, 3.05) is 20.3 Å². The minimum atomic E-state index is -3.51. The van der Waals surface area contributed by atoms with Gasteiger partial charge in [-0.1, -0.05) is 11.8 Å². The van der Waals surface area contributed by atoms with Crippen molar-refractivity contribution in [3.8, 4) is 11.8 Å². The number of hydrogen-bond acceptors (Lipinski definition) is 4. The van der Waals surface area contributed by atoms with E-state index in [4.69, 9.17) is 10.5 Å². The summed E-state index contributed by atoms with van der Waals surface area (Å²) in [5, 5.41) is 0. The van der Waals surface area contributed by atoms with Crippen LogP contribution in [0.15, 0.2) is 29.2 Å². The molecule has 20 heavy (non-hydrogen) atoms. The van der Waals surface area contributed by atoms with Crippen LogP contribution in [0.4, 0.5) is 0 Å². The Morgan fingerprint density at radius 3 is 2.55 bits per heavy atom. The van der Waals surface area contributed by atoms with Gasteiger partial charge in [0.05, 0.1) is 11.4 Å². The monoisotopic (exact) mass is 296 g/mol. The van der Waals surface area contributed by atoms with Crippen LogP contribution < -0.4 is 10.5 Å². The summed E-state index contributed by atoms with van der Waals surface area (Å²) in [4.78, 5) is 0.222. The van der Waals surface area contributed by atoms with Gasteiger partial charge >= 0.3 is 0 Å². The third-order valence-electron chi connectivity index (χ3n) is 2.61. The number of sulfonamides is 1. The molecule has 0 radical (unpaired) electrons. The van der Waals surface area contributed by atoms with Crippen LogP contribution in [0.25, 0.3) is 0 Å². The van der Waals surface area contributed by atoms with Crippen molar-refractivity contribution < 1.29 is 13.2 Å². The molecule has 0 saturated carbocycles. The molecule has 0 aliphatic rings. The van der Waals surface area contributed by atoms with Gasteiger partial charge in [0, 0.05) is 25.3 Å². The maximum absolute atomic E-state index is 12.1. The first-order chi connectivity index (χ1) is 9.49. The molecule has 0 bridgehead atoms. The first-order valence-corrected chi connectivity index (χ1v) is 7.78. The Morgan fingerprint density at radius 2 is 2.00 bits per heavy atom. The largest absolute Gasteiger partial charge is 0.385 e. The van der Waals surface area contributed by atoms with Crippen molar-refractivity contribution in [2.24, 2.45) is 5.73 Å². The van der Waals surface area contributed by atoms with E-state index in [1.165, 1.54) is 12.1 Å². The quantitative estimate of drug-likeness (QED) is 0.757. The molecule has 0 aliphatic carbocycles. The molecule has 0 aromatic heterocycles. The topological polar surface area (TPSA) is 81.4 Å². The molecule has 0 amide bonds. The second kappa shape index (κ2) is 8.02. The molecular weight excluding hydrogens is 276 g/mol. The summed E-state index contributed by atoms with van der Waals surface area (Å²) in [7, 11) is -1.92. The Morgan fingerprint density at radius 1 is 1.35 bits per heavy atom. The Hall–Kier alpha value is -1.39. The van der Waals surface area contributed by atoms with Gasteiger partial charge in [-0.05, 0) is 37.6 Å². The van der Waals surface area contributed by atoms with Crippen molar-refractivity contribution in [1.82, 2.24) is 4.72 Å². The van der Waals surface area contributed by atoms with Gasteiger partial charge in [-0.2, -0.15) is 0 Å². The van der Waals surface area contributed by atoms with E-state index >= 15 is 0 Å². The first kappa shape index (κ1) is 16.7. The molecule has 1 unspecified atom stereocenters. The van der Waals surface area contributed by atoms with Gasteiger partial charge in [-0.15, -0.1) is 0 Å². The highest BCUT2D eigenvalue weighted by atomic mass is 32.2. The lowest BCUT2D eigenvalue weighted by molar-refractivity contribution is 0.188. The lowest BCUT2D eigenvalue weighted by atomic mass is 10.2. The summed E-state index contributed by atoms with van der Waals surface area (Å²) in [6, 6.07) is 6.21. The smallest absolute Gasteiger partial charge is 0.240 e. The maximum Gasteiger partial charge on any atom is 0.240 e. The molecule has 5 nitrogen and oxygen atoms in total. The van der Waals surface area contributed by atoms with Gasteiger partial charge in [0.25, 0.3) is 0 Å². The second-order valence-electron chi connectivity index (χ2n) is 4.33. The summed E-state index contributed by atoms with van der Waals surface area (Å²) in [5.41, 5.74) is 6.02. The minimum Gasteiger partial charge on any atom is -0.385 e. The summed E-state index contributed by atoms with van der Waals surface area (Å²) >= 11 is 0.